The number of para-hydroxylation sites is 1. The van der Waals surface area contributed by atoms with Crippen LogP contribution in [-0.4, -0.2) is 43.6 Å². The first-order chi connectivity index (χ1) is 10.0. The molecule has 1 amide bonds. The second-order valence-electron chi connectivity index (χ2n) is 5.87. The molecule has 0 aromatic heterocycles. The van der Waals surface area contributed by atoms with Gasteiger partial charge in [-0.1, -0.05) is 6.07 Å². The van der Waals surface area contributed by atoms with Gasteiger partial charge >= 0.3 is 0 Å². The number of rotatable bonds is 5. The van der Waals surface area contributed by atoms with Crippen LogP contribution in [-0.2, 0) is 0 Å². The average molecular weight is 291 g/mol. The summed E-state index contributed by atoms with van der Waals surface area (Å²) in [6, 6.07) is 5.83. The highest BCUT2D eigenvalue weighted by Gasteiger charge is 2.24. The number of nitrogens with zero attached hydrogens (tertiary/aromatic N) is 1. The van der Waals surface area contributed by atoms with E-state index >= 15 is 0 Å². The summed E-state index contributed by atoms with van der Waals surface area (Å²) in [6.07, 6.45) is 1.13. The Labute approximate surface area is 126 Å². The predicted octanol–water partition coefficient (Wildman–Crippen LogP) is 1.74. The van der Waals surface area contributed by atoms with Crippen LogP contribution in [0.1, 0.15) is 30.6 Å². The Morgan fingerprint density at radius 1 is 1.52 bits per heavy atom. The molecule has 0 radical (unpaired) electrons. The largest absolute Gasteiger partial charge is 0.495 e. The van der Waals surface area contributed by atoms with Gasteiger partial charge in [-0.25, -0.2) is 0 Å². The van der Waals surface area contributed by atoms with E-state index in [0.717, 1.165) is 19.5 Å². The van der Waals surface area contributed by atoms with Gasteiger partial charge in [-0.15, -0.1) is 0 Å². The summed E-state index contributed by atoms with van der Waals surface area (Å²) < 4.78 is 5.14. The summed E-state index contributed by atoms with van der Waals surface area (Å²) in [6.45, 7) is 7.26. The molecule has 1 aromatic rings. The van der Waals surface area contributed by atoms with Gasteiger partial charge in [-0.2, -0.15) is 0 Å². The molecule has 1 atom stereocenters. The lowest BCUT2D eigenvalue weighted by molar-refractivity contribution is 0.0947. The minimum Gasteiger partial charge on any atom is -0.495 e. The van der Waals surface area contributed by atoms with Crippen molar-refractivity contribution in [1.82, 2.24) is 10.2 Å². The number of benzene rings is 1. The first-order valence-corrected chi connectivity index (χ1v) is 7.47. The normalized spacial score (nSPS) is 19.0. The number of ether oxygens (including phenoxy) is 1. The molecule has 1 saturated heterocycles. The van der Waals surface area contributed by atoms with E-state index in [9.17, 15) is 4.79 Å². The van der Waals surface area contributed by atoms with Crippen molar-refractivity contribution in [3.05, 3.63) is 23.8 Å². The minimum absolute atomic E-state index is 0.130. The molecule has 1 unspecified atom stereocenters. The van der Waals surface area contributed by atoms with E-state index in [1.807, 2.05) is 0 Å². The summed E-state index contributed by atoms with van der Waals surface area (Å²) in [5, 5.41) is 2.99. The van der Waals surface area contributed by atoms with E-state index in [2.05, 4.69) is 24.1 Å². The summed E-state index contributed by atoms with van der Waals surface area (Å²) in [5.74, 6) is 0.923. The first kappa shape index (κ1) is 15.6. The number of methoxy groups -OCH3 is 1. The SMILES string of the molecule is COc1cccc(C(=O)NCC2CCN(C(C)C)C2)c1N. The molecule has 1 aliphatic heterocycles. The van der Waals surface area contributed by atoms with Crippen LogP contribution in [0.5, 0.6) is 5.75 Å². The van der Waals surface area contributed by atoms with Crippen LogP contribution in [0.3, 0.4) is 0 Å². The standard InChI is InChI=1S/C16H25N3O2/c1-11(2)19-8-7-12(10-19)9-18-16(20)13-5-4-6-14(21-3)15(13)17/h4-6,11-12H,7-10,17H2,1-3H3,(H,18,20). The van der Waals surface area contributed by atoms with Crippen molar-refractivity contribution in [2.45, 2.75) is 26.3 Å². The number of likely N-dealkylation sites (tertiary alicyclic amines) is 1. The minimum atomic E-state index is -0.130. The van der Waals surface area contributed by atoms with Crippen LogP contribution in [0.15, 0.2) is 18.2 Å². The van der Waals surface area contributed by atoms with Crippen LogP contribution in [0.4, 0.5) is 5.69 Å². The van der Waals surface area contributed by atoms with Gasteiger partial charge < -0.3 is 20.7 Å². The molecule has 1 heterocycles. The van der Waals surface area contributed by atoms with E-state index in [1.54, 1.807) is 25.3 Å². The average Bonchev–Trinajstić information content (AvgIpc) is 2.94. The number of nitrogen functional groups attached to an aromatic ring is 1. The molecule has 21 heavy (non-hydrogen) atoms. The Kier molecular flexibility index (Phi) is 5.07. The quantitative estimate of drug-likeness (QED) is 0.811. The van der Waals surface area contributed by atoms with E-state index in [1.165, 1.54) is 0 Å². The number of carbonyl (C=O) groups is 1. The lowest BCUT2D eigenvalue weighted by atomic mass is 10.1. The fourth-order valence-electron chi connectivity index (χ4n) is 2.75. The zero-order valence-electron chi connectivity index (χ0n) is 13.1. The van der Waals surface area contributed by atoms with E-state index < -0.39 is 0 Å². The molecule has 116 valence electrons. The van der Waals surface area contributed by atoms with Crippen LogP contribution in [0, 0.1) is 5.92 Å². The van der Waals surface area contributed by atoms with Crippen molar-refractivity contribution in [3.63, 3.8) is 0 Å². The van der Waals surface area contributed by atoms with Gasteiger partial charge in [-0.3, -0.25) is 4.79 Å². The highest BCUT2D eigenvalue weighted by Crippen LogP contribution is 2.24. The van der Waals surface area contributed by atoms with Gasteiger partial charge in [0.15, 0.2) is 0 Å². The first-order valence-electron chi connectivity index (χ1n) is 7.47. The number of hydrogen-bond donors (Lipinski definition) is 2. The van der Waals surface area contributed by atoms with Crippen LogP contribution in [0.25, 0.3) is 0 Å². The molecule has 5 heteroatoms. The van der Waals surface area contributed by atoms with Crippen molar-refractivity contribution in [3.8, 4) is 5.75 Å². The third-order valence-corrected chi connectivity index (χ3v) is 4.13. The Morgan fingerprint density at radius 2 is 2.29 bits per heavy atom. The maximum atomic E-state index is 12.2. The van der Waals surface area contributed by atoms with Crippen LogP contribution in [0.2, 0.25) is 0 Å². The number of nitrogens with one attached hydrogen (secondary N) is 1. The molecular weight excluding hydrogens is 266 g/mol. The topological polar surface area (TPSA) is 67.6 Å². The molecule has 1 fully saturated rings. The fourth-order valence-corrected chi connectivity index (χ4v) is 2.75. The summed E-state index contributed by atoms with van der Waals surface area (Å²) in [4.78, 5) is 14.7. The molecule has 0 bridgehead atoms. The molecule has 0 aliphatic carbocycles. The Balaban J connectivity index is 1.91. The second-order valence-corrected chi connectivity index (χ2v) is 5.87. The smallest absolute Gasteiger partial charge is 0.253 e. The van der Waals surface area contributed by atoms with E-state index in [-0.39, 0.29) is 5.91 Å². The highest BCUT2D eigenvalue weighted by atomic mass is 16.5. The Morgan fingerprint density at radius 3 is 2.90 bits per heavy atom. The van der Waals surface area contributed by atoms with Gasteiger partial charge in [0.1, 0.15) is 5.75 Å². The molecular formula is C16H25N3O2. The van der Waals surface area contributed by atoms with Crippen molar-refractivity contribution in [1.29, 1.82) is 0 Å². The zero-order valence-corrected chi connectivity index (χ0v) is 13.1. The third kappa shape index (κ3) is 3.67. The fraction of sp³-hybridized carbons (Fsp3) is 0.562. The molecule has 1 aromatic carbocycles. The van der Waals surface area contributed by atoms with Gasteiger partial charge in [0.2, 0.25) is 0 Å². The van der Waals surface area contributed by atoms with Gasteiger partial charge in [0.05, 0.1) is 18.4 Å². The molecule has 5 nitrogen and oxygen atoms in total. The lowest BCUT2D eigenvalue weighted by Crippen LogP contribution is -2.33. The molecule has 1 aliphatic rings. The number of nitrogens with two attached hydrogens (primary N) is 1. The number of hydrogen-bond acceptors (Lipinski definition) is 4. The predicted molar refractivity (Wildman–Crippen MR) is 84.6 cm³/mol. The zero-order chi connectivity index (χ0) is 15.4. The van der Waals surface area contributed by atoms with Crippen molar-refractivity contribution in [2.75, 3.05) is 32.5 Å². The second kappa shape index (κ2) is 6.80. The number of amides is 1. The van der Waals surface area contributed by atoms with E-state index in [0.29, 0.717) is 35.5 Å². The van der Waals surface area contributed by atoms with Crippen molar-refractivity contribution < 1.29 is 9.53 Å². The molecule has 2 rings (SSSR count). The maximum Gasteiger partial charge on any atom is 0.253 e. The number of carbonyl (C=O) groups excluding carboxylic acids is 1. The van der Waals surface area contributed by atoms with Crippen molar-refractivity contribution >= 4 is 11.6 Å². The molecule has 0 spiro atoms. The Bertz CT molecular complexity index is 502. The monoisotopic (exact) mass is 291 g/mol. The van der Waals surface area contributed by atoms with Crippen molar-refractivity contribution in [2.24, 2.45) is 5.92 Å². The van der Waals surface area contributed by atoms with Gasteiger partial charge in [0, 0.05) is 19.1 Å². The highest BCUT2D eigenvalue weighted by molar-refractivity contribution is 6.00. The lowest BCUT2D eigenvalue weighted by Gasteiger charge is -2.20. The summed E-state index contributed by atoms with van der Waals surface area (Å²) in [7, 11) is 1.55. The molecule has 3 N–H and O–H groups in total. The summed E-state index contributed by atoms with van der Waals surface area (Å²) >= 11 is 0. The molecule has 0 saturated carbocycles. The third-order valence-electron chi connectivity index (χ3n) is 4.13. The van der Waals surface area contributed by atoms with Gasteiger partial charge in [-0.05, 0) is 44.9 Å². The summed E-state index contributed by atoms with van der Waals surface area (Å²) in [5.41, 5.74) is 6.82. The maximum absolute atomic E-state index is 12.2. The van der Waals surface area contributed by atoms with Crippen LogP contribution < -0.4 is 15.8 Å². The van der Waals surface area contributed by atoms with Crippen LogP contribution >= 0.6 is 0 Å². The Hall–Kier alpha value is -1.75. The van der Waals surface area contributed by atoms with E-state index in [4.69, 9.17) is 10.5 Å². The number of anilines is 1. The van der Waals surface area contributed by atoms with Gasteiger partial charge in [0.25, 0.3) is 5.91 Å².